The Balaban J connectivity index is 0. The van der Waals surface area contributed by atoms with Crippen LogP contribution in [-0.4, -0.2) is 54.4 Å². The van der Waals surface area contributed by atoms with Gasteiger partial charge in [0.15, 0.2) is 6.10 Å². The van der Waals surface area contributed by atoms with Crippen molar-refractivity contribution in [2.24, 2.45) is 0 Å². The number of hydrogen-bond acceptors (Lipinski definition) is 6. The molecule has 76 valence electrons. The van der Waals surface area contributed by atoms with E-state index in [-0.39, 0.29) is 25.5 Å². The molecule has 0 bridgehead atoms. The summed E-state index contributed by atoms with van der Waals surface area (Å²) in [6.07, 6.45) is -0.751. The quantitative estimate of drug-likeness (QED) is 0.360. The average molecular weight is 200 g/mol. The van der Waals surface area contributed by atoms with Crippen LogP contribution < -0.4 is 23.9 Å². The summed E-state index contributed by atoms with van der Waals surface area (Å²) < 4.78 is 9.65. The Morgan fingerprint density at radius 2 is 1.93 bits per heavy atom. The first-order chi connectivity index (χ1) is 6.04. The molecular weight excluding hydrogens is 190 g/mol. The van der Waals surface area contributed by atoms with Crippen molar-refractivity contribution in [2.75, 3.05) is 19.8 Å². The van der Waals surface area contributed by atoms with E-state index in [0.717, 1.165) is 0 Å². The minimum atomic E-state index is -2.42. The normalized spacial score (nSPS) is 19.8. The molecule has 1 atom stereocenters. The number of ether oxygens (including phenoxy) is 2. The molecule has 1 unspecified atom stereocenters. The largest absolute Gasteiger partial charge is 1.00 e. The molecule has 3 N–H and O–H groups in total. The van der Waals surface area contributed by atoms with E-state index in [4.69, 9.17) is 29.7 Å². The van der Waals surface area contributed by atoms with Crippen molar-refractivity contribution in [3.05, 3.63) is 0 Å². The molecule has 0 saturated carbocycles. The van der Waals surface area contributed by atoms with Gasteiger partial charge in [-0.25, -0.2) is 4.79 Å². The molecule has 1 saturated heterocycles. The molecule has 14 heavy (non-hydrogen) atoms. The van der Waals surface area contributed by atoms with Gasteiger partial charge in [0.1, 0.15) is 0 Å². The number of rotatable bonds is 1. The van der Waals surface area contributed by atoms with Gasteiger partial charge in [0.25, 0.3) is 0 Å². The predicted molar refractivity (Wildman–Crippen MR) is 38.4 cm³/mol. The van der Waals surface area contributed by atoms with E-state index in [0.29, 0.717) is 13.2 Å². The summed E-state index contributed by atoms with van der Waals surface area (Å²) >= 11 is 0. The average Bonchev–Trinajstić information content (AvgIpc) is 2.05. The van der Waals surface area contributed by atoms with Gasteiger partial charge >= 0.3 is 32.2 Å². The Hall–Kier alpha value is -0.0677. The van der Waals surface area contributed by atoms with E-state index in [9.17, 15) is 4.79 Å². The molecule has 0 amide bonds. The second kappa shape index (κ2) is 9.49. The van der Waals surface area contributed by atoms with Crippen LogP contribution in [-0.2, 0) is 14.3 Å². The van der Waals surface area contributed by atoms with Gasteiger partial charge in [-0.15, -0.1) is 0 Å². The van der Waals surface area contributed by atoms with Gasteiger partial charge in [-0.1, -0.05) is 0 Å². The fourth-order valence-corrected chi connectivity index (χ4v) is 0.630. The zero-order valence-electron chi connectivity index (χ0n) is 7.75. The zero-order valence-corrected chi connectivity index (χ0v) is 7.75. The smallest absolute Gasteiger partial charge is 0.832 e. The Morgan fingerprint density at radius 1 is 1.43 bits per heavy atom. The van der Waals surface area contributed by atoms with Crippen LogP contribution in [0.1, 0.15) is 0 Å². The monoisotopic (exact) mass is 200 g/mol. The van der Waals surface area contributed by atoms with Gasteiger partial charge in [0.05, 0.1) is 19.8 Å². The van der Waals surface area contributed by atoms with Crippen molar-refractivity contribution in [1.29, 1.82) is 0 Å². The van der Waals surface area contributed by atoms with E-state index in [2.05, 4.69) is 0 Å². The van der Waals surface area contributed by atoms with Crippen molar-refractivity contribution < 1.29 is 53.3 Å². The van der Waals surface area contributed by atoms with Gasteiger partial charge < -0.3 is 29.7 Å². The maximum Gasteiger partial charge on any atom is 1.00 e. The first kappa shape index (κ1) is 16.4. The van der Waals surface area contributed by atoms with Crippen LogP contribution in [0.15, 0.2) is 0 Å². The maximum absolute atomic E-state index is 10.1. The van der Waals surface area contributed by atoms with Crippen LogP contribution in [0.4, 0.5) is 0 Å². The van der Waals surface area contributed by atoms with Crippen molar-refractivity contribution in [1.82, 2.24) is 0 Å². The van der Waals surface area contributed by atoms with Crippen LogP contribution in [0.5, 0.6) is 0 Å². The standard InChI is InChI=1S/C5H8O4.BH2O3.Li/c6-5(7)4-3-8-1-2-9-4;2-1(3)4;/h4H,1-3H2,(H,6,7);2-3H;/q;-1;+1. The number of carboxylic acid groups (broad SMARTS) is 1. The third-order valence-corrected chi connectivity index (χ3v) is 1.09. The SMILES string of the molecule is O=C(O)C1COCCO1.[Li+].[O-]B(O)O. The minimum Gasteiger partial charge on any atom is -0.832 e. The van der Waals surface area contributed by atoms with E-state index in [1.807, 2.05) is 0 Å². The van der Waals surface area contributed by atoms with Crippen molar-refractivity contribution >= 4 is 13.3 Å². The van der Waals surface area contributed by atoms with Crippen molar-refractivity contribution in [3.8, 4) is 0 Å². The van der Waals surface area contributed by atoms with E-state index in [1.54, 1.807) is 0 Å². The van der Waals surface area contributed by atoms with Gasteiger partial charge in [0, 0.05) is 0 Å². The molecule has 1 aliphatic rings. The van der Waals surface area contributed by atoms with E-state index < -0.39 is 19.4 Å². The third kappa shape index (κ3) is 10.0. The topological polar surface area (TPSA) is 119 Å². The number of carbonyl (C=O) groups is 1. The summed E-state index contributed by atoms with van der Waals surface area (Å²) in [6.45, 7) is 1.07. The molecule has 0 aromatic carbocycles. The summed E-state index contributed by atoms with van der Waals surface area (Å²) in [4.78, 5) is 10.1. The Kier molecular flexibility index (Phi) is 11.1. The maximum atomic E-state index is 10.1. The number of aliphatic carboxylic acids is 1. The summed E-state index contributed by atoms with van der Waals surface area (Å²) in [5, 5.41) is 31.1. The first-order valence-corrected chi connectivity index (χ1v) is 3.48. The van der Waals surface area contributed by atoms with Gasteiger partial charge in [-0.3, -0.25) is 0 Å². The Labute approximate surface area is 93.0 Å². The van der Waals surface area contributed by atoms with Crippen molar-refractivity contribution in [3.63, 3.8) is 0 Å². The molecule has 0 aromatic rings. The molecule has 7 nitrogen and oxygen atoms in total. The van der Waals surface area contributed by atoms with Crippen LogP contribution in [0.2, 0.25) is 0 Å². The summed E-state index contributed by atoms with van der Waals surface area (Å²) in [5.41, 5.74) is 0. The van der Waals surface area contributed by atoms with Crippen LogP contribution in [0.3, 0.4) is 0 Å². The molecule has 1 aliphatic heterocycles. The summed E-state index contributed by atoms with van der Waals surface area (Å²) in [7, 11) is -2.42. The fraction of sp³-hybridized carbons (Fsp3) is 0.800. The molecule has 1 heterocycles. The molecule has 9 heteroatoms. The van der Waals surface area contributed by atoms with Crippen LogP contribution in [0.25, 0.3) is 0 Å². The third-order valence-electron chi connectivity index (χ3n) is 1.09. The van der Waals surface area contributed by atoms with Crippen LogP contribution >= 0.6 is 0 Å². The van der Waals surface area contributed by atoms with Crippen LogP contribution in [0, 0.1) is 0 Å². The zero-order chi connectivity index (χ0) is 10.3. The molecule has 0 aliphatic carbocycles. The van der Waals surface area contributed by atoms with E-state index >= 15 is 0 Å². The molecule has 1 fully saturated rings. The predicted octanol–water partition coefficient (Wildman–Crippen LogP) is -6.19. The molecular formula is C5H10BLiO7. The number of carboxylic acids is 1. The second-order valence-corrected chi connectivity index (χ2v) is 2.10. The second-order valence-electron chi connectivity index (χ2n) is 2.10. The minimum absolute atomic E-state index is 0. The molecule has 0 radical (unpaired) electrons. The summed E-state index contributed by atoms with van der Waals surface area (Å²) in [5.74, 6) is -0.949. The Morgan fingerprint density at radius 3 is 2.14 bits per heavy atom. The number of hydrogen-bond donors (Lipinski definition) is 3. The molecule has 0 spiro atoms. The van der Waals surface area contributed by atoms with Crippen molar-refractivity contribution in [2.45, 2.75) is 6.10 Å². The molecule has 0 aromatic heterocycles. The Bertz CT molecular complexity index is 146. The summed E-state index contributed by atoms with van der Waals surface area (Å²) in [6, 6.07) is 0. The van der Waals surface area contributed by atoms with E-state index in [1.165, 1.54) is 0 Å². The molecule has 1 rings (SSSR count). The first-order valence-electron chi connectivity index (χ1n) is 3.48. The van der Waals surface area contributed by atoms with Gasteiger partial charge in [-0.05, 0) is 0 Å². The van der Waals surface area contributed by atoms with Gasteiger partial charge in [0.2, 0.25) is 0 Å². The van der Waals surface area contributed by atoms with Gasteiger partial charge in [-0.2, -0.15) is 0 Å². The fourth-order valence-electron chi connectivity index (χ4n) is 0.630.